The number of benzene rings is 3. The molecule has 0 unspecified atom stereocenters. The molecule has 0 amide bonds. The second kappa shape index (κ2) is 9.07. The molecular formula is C23H21NOS. The molecule has 0 atom stereocenters. The van der Waals surface area contributed by atoms with Crippen LogP contribution in [0.4, 0.5) is 5.69 Å². The van der Waals surface area contributed by atoms with E-state index in [-0.39, 0.29) is 0 Å². The first-order chi connectivity index (χ1) is 12.7. The van der Waals surface area contributed by atoms with E-state index < -0.39 is 0 Å². The molecule has 0 aliphatic rings. The first kappa shape index (κ1) is 18.0. The molecule has 0 heterocycles. The largest absolute Gasteiger partial charge is 0.439 e. The highest BCUT2D eigenvalue weighted by atomic mass is 32.2. The molecule has 2 nitrogen and oxygen atoms in total. The minimum atomic E-state index is 0.602. The molecule has 0 spiro atoms. The Kier molecular flexibility index (Phi) is 6.29. The summed E-state index contributed by atoms with van der Waals surface area (Å²) in [7, 11) is 0. The third-order valence-electron chi connectivity index (χ3n) is 3.64. The van der Waals surface area contributed by atoms with Gasteiger partial charge in [-0.15, -0.1) is 0 Å². The summed E-state index contributed by atoms with van der Waals surface area (Å²) in [6, 6.07) is 28.1. The number of aliphatic imine (C=N–C) groups is 1. The molecule has 3 aromatic rings. The summed E-state index contributed by atoms with van der Waals surface area (Å²) in [5.41, 5.74) is 3.00. The highest BCUT2D eigenvalue weighted by Gasteiger charge is 2.07. The van der Waals surface area contributed by atoms with E-state index >= 15 is 0 Å². The van der Waals surface area contributed by atoms with Crippen LogP contribution in [0.3, 0.4) is 0 Å². The highest BCUT2D eigenvalue weighted by Crippen LogP contribution is 2.23. The predicted octanol–water partition coefficient (Wildman–Crippen LogP) is 6.80. The fourth-order valence-electron chi connectivity index (χ4n) is 2.31. The van der Waals surface area contributed by atoms with E-state index in [1.165, 1.54) is 4.90 Å². The lowest BCUT2D eigenvalue weighted by Crippen LogP contribution is -2.09. The average molecular weight is 359 g/mol. The van der Waals surface area contributed by atoms with Crippen LogP contribution in [0.2, 0.25) is 0 Å². The van der Waals surface area contributed by atoms with Crippen molar-refractivity contribution >= 4 is 23.3 Å². The summed E-state index contributed by atoms with van der Waals surface area (Å²) < 4.78 is 6.12. The zero-order chi connectivity index (χ0) is 18.2. The molecule has 0 bridgehead atoms. The number of hydrogen-bond acceptors (Lipinski definition) is 3. The normalized spacial score (nSPS) is 12.1. The maximum Gasteiger partial charge on any atom is 0.223 e. The molecule has 0 N–H and O–H groups in total. The van der Waals surface area contributed by atoms with Crippen LogP contribution in [0, 0.1) is 6.92 Å². The van der Waals surface area contributed by atoms with Gasteiger partial charge in [0.2, 0.25) is 5.90 Å². The molecular weight excluding hydrogens is 338 g/mol. The third-order valence-corrected chi connectivity index (χ3v) is 4.66. The molecule has 3 aromatic carbocycles. The van der Waals surface area contributed by atoms with Gasteiger partial charge in [-0.2, -0.15) is 0 Å². The Morgan fingerprint density at radius 3 is 2.27 bits per heavy atom. The van der Waals surface area contributed by atoms with Gasteiger partial charge in [0.1, 0.15) is 5.75 Å². The summed E-state index contributed by atoms with van der Waals surface area (Å²) in [6.45, 7) is 4.07. The number of para-hydroxylation sites is 1. The van der Waals surface area contributed by atoms with Crippen LogP contribution in [0.1, 0.15) is 12.5 Å². The molecule has 0 fully saturated rings. The monoisotopic (exact) mass is 359 g/mol. The quantitative estimate of drug-likeness (QED) is 0.284. The van der Waals surface area contributed by atoms with E-state index in [1.807, 2.05) is 73.7 Å². The topological polar surface area (TPSA) is 21.6 Å². The Labute approximate surface area is 159 Å². The van der Waals surface area contributed by atoms with E-state index in [0.717, 1.165) is 22.6 Å². The predicted molar refractivity (Wildman–Crippen MR) is 111 cm³/mol. The smallest absolute Gasteiger partial charge is 0.223 e. The SMILES string of the molecule is CC(=CSc1ccccc1)C(=Nc1ccccc1)Oc1cccc(C)c1. The van der Waals surface area contributed by atoms with Gasteiger partial charge >= 0.3 is 0 Å². The van der Waals surface area contributed by atoms with Gasteiger partial charge in [-0.1, -0.05) is 60.3 Å². The van der Waals surface area contributed by atoms with Crippen LogP contribution in [-0.2, 0) is 0 Å². The van der Waals surface area contributed by atoms with E-state index in [2.05, 4.69) is 30.5 Å². The summed E-state index contributed by atoms with van der Waals surface area (Å²) >= 11 is 1.66. The zero-order valence-corrected chi connectivity index (χ0v) is 15.7. The maximum atomic E-state index is 6.12. The lowest BCUT2D eigenvalue weighted by Gasteiger charge is -2.10. The van der Waals surface area contributed by atoms with Crippen LogP contribution in [0.25, 0.3) is 0 Å². The van der Waals surface area contributed by atoms with Crippen molar-refractivity contribution in [1.29, 1.82) is 0 Å². The second-order valence-electron chi connectivity index (χ2n) is 5.90. The van der Waals surface area contributed by atoms with Gasteiger partial charge in [-0.3, -0.25) is 0 Å². The minimum absolute atomic E-state index is 0.602. The van der Waals surface area contributed by atoms with Crippen molar-refractivity contribution in [3.8, 4) is 5.75 Å². The van der Waals surface area contributed by atoms with Crippen molar-refractivity contribution in [3.63, 3.8) is 0 Å². The molecule has 3 rings (SSSR count). The minimum Gasteiger partial charge on any atom is -0.439 e. The van der Waals surface area contributed by atoms with E-state index in [0.29, 0.717) is 5.90 Å². The second-order valence-corrected chi connectivity index (χ2v) is 6.85. The van der Waals surface area contributed by atoms with Crippen molar-refractivity contribution in [3.05, 3.63) is 101 Å². The lowest BCUT2D eigenvalue weighted by molar-refractivity contribution is 0.551. The molecule has 26 heavy (non-hydrogen) atoms. The zero-order valence-electron chi connectivity index (χ0n) is 14.9. The van der Waals surface area contributed by atoms with Crippen LogP contribution in [0.5, 0.6) is 5.75 Å². The van der Waals surface area contributed by atoms with Crippen LogP contribution < -0.4 is 4.74 Å². The van der Waals surface area contributed by atoms with Gasteiger partial charge in [0, 0.05) is 10.5 Å². The van der Waals surface area contributed by atoms with Gasteiger partial charge in [-0.25, -0.2) is 4.99 Å². The van der Waals surface area contributed by atoms with Crippen LogP contribution in [-0.4, -0.2) is 5.90 Å². The number of ether oxygens (including phenoxy) is 1. The van der Waals surface area contributed by atoms with E-state index in [1.54, 1.807) is 11.8 Å². The lowest BCUT2D eigenvalue weighted by atomic mass is 10.2. The van der Waals surface area contributed by atoms with Crippen molar-refractivity contribution in [1.82, 2.24) is 0 Å². The van der Waals surface area contributed by atoms with Gasteiger partial charge < -0.3 is 4.74 Å². The van der Waals surface area contributed by atoms with Gasteiger partial charge in [-0.05, 0) is 61.2 Å². The highest BCUT2D eigenvalue weighted by molar-refractivity contribution is 8.02. The fourth-order valence-corrected chi connectivity index (χ4v) is 3.04. The van der Waals surface area contributed by atoms with E-state index in [4.69, 9.17) is 9.73 Å². The van der Waals surface area contributed by atoms with Gasteiger partial charge in [0.05, 0.1) is 5.69 Å². The number of thioether (sulfide) groups is 1. The Morgan fingerprint density at radius 1 is 0.885 bits per heavy atom. The summed E-state index contributed by atoms with van der Waals surface area (Å²) in [5, 5.41) is 2.08. The molecule has 0 radical (unpaired) electrons. The van der Waals surface area contributed by atoms with Crippen LogP contribution >= 0.6 is 11.8 Å². The number of aryl methyl sites for hydroxylation is 1. The van der Waals surface area contributed by atoms with Gasteiger partial charge in [0.15, 0.2) is 0 Å². The standard InChI is InChI=1S/C23H21NOS/c1-18-10-9-13-21(16-18)25-23(24-20-11-5-3-6-12-20)19(2)17-26-22-14-7-4-8-15-22/h3-17H,1-2H3. The molecule has 130 valence electrons. The first-order valence-corrected chi connectivity index (χ1v) is 9.36. The molecule has 0 saturated carbocycles. The number of hydrogen-bond donors (Lipinski definition) is 0. The third kappa shape index (κ3) is 5.36. The van der Waals surface area contributed by atoms with Crippen molar-refractivity contribution < 1.29 is 4.74 Å². The Balaban J connectivity index is 1.88. The number of rotatable bonds is 5. The van der Waals surface area contributed by atoms with Crippen molar-refractivity contribution in [2.24, 2.45) is 4.99 Å². The van der Waals surface area contributed by atoms with E-state index in [9.17, 15) is 0 Å². The summed E-state index contributed by atoms with van der Waals surface area (Å²) in [4.78, 5) is 5.89. The summed E-state index contributed by atoms with van der Waals surface area (Å²) in [5.74, 6) is 1.39. The van der Waals surface area contributed by atoms with Crippen molar-refractivity contribution in [2.75, 3.05) is 0 Å². The fraction of sp³-hybridized carbons (Fsp3) is 0.0870. The Bertz CT molecular complexity index is 902. The molecule has 0 aliphatic carbocycles. The van der Waals surface area contributed by atoms with Gasteiger partial charge in [0.25, 0.3) is 0 Å². The number of nitrogens with zero attached hydrogens (tertiary/aromatic N) is 1. The first-order valence-electron chi connectivity index (χ1n) is 8.48. The van der Waals surface area contributed by atoms with Crippen LogP contribution in [0.15, 0.2) is 106 Å². The molecule has 0 aliphatic heterocycles. The molecule has 0 aromatic heterocycles. The summed E-state index contributed by atoms with van der Waals surface area (Å²) in [6.07, 6.45) is 0. The van der Waals surface area contributed by atoms with Crippen molar-refractivity contribution in [2.45, 2.75) is 18.7 Å². The average Bonchev–Trinajstić information content (AvgIpc) is 2.67. The maximum absolute atomic E-state index is 6.12. The molecule has 3 heteroatoms. The molecule has 0 saturated heterocycles. The Hall–Kier alpha value is -2.78. The Morgan fingerprint density at radius 2 is 1.58 bits per heavy atom.